The third-order valence-electron chi connectivity index (χ3n) is 3.12. The molecular weight excluding hydrogens is 204 g/mol. The molecule has 3 heteroatoms. The molecule has 1 atom stereocenters. The molecule has 2 rings (SSSR count). The van der Waals surface area contributed by atoms with Gasteiger partial charge >= 0.3 is 0 Å². The highest BCUT2D eigenvalue weighted by molar-refractivity contribution is 7.07. The van der Waals surface area contributed by atoms with E-state index in [-0.39, 0.29) is 0 Å². The molecule has 0 aromatic carbocycles. The van der Waals surface area contributed by atoms with Crippen molar-refractivity contribution in [3.8, 4) is 0 Å². The molecule has 1 N–H and O–H groups in total. The molecule has 15 heavy (non-hydrogen) atoms. The maximum absolute atomic E-state index is 3.63. The lowest BCUT2D eigenvalue weighted by Gasteiger charge is -2.20. The van der Waals surface area contributed by atoms with E-state index in [1.54, 1.807) is 11.3 Å². The van der Waals surface area contributed by atoms with Crippen LogP contribution in [-0.2, 0) is 6.54 Å². The second-order valence-electron chi connectivity index (χ2n) is 4.59. The Morgan fingerprint density at radius 1 is 1.60 bits per heavy atom. The zero-order valence-corrected chi connectivity index (χ0v) is 10.4. The van der Waals surface area contributed by atoms with Crippen molar-refractivity contribution < 1.29 is 0 Å². The van der Waals surface area contributed by atoms with Crippen LogP contribution in [0, 0.1) is 0 Å². The van der Waals surface area contributed by atoms with E-state index in [4.69, 9.17) is 0 Å². The molecule has 1 aromatic heterocycles. The van der Waals surface area contributed by atoms with Gasteiger partial charge in [0.1, 0.15) is 0 Å². The third kappa shape index (κ3) is 3.03. The van der Waals surface area contributed by atoms with Crippen molar-refractivity contribution >= 4 is 11.3 Å². The van der Waals surface area contributed by atoms with Crippen LogP contribution >= 0.6 is 11.3 Å². The van der Waals surface area contributed by atoms with Crippen molar-refractivity contribution in [2.24, 2.45) is 0 Å². The standard InChI is InChI=1S/C12H20N2S/c1-10(2)14-5-3-12(8-14)13-7-11-4-6-15-9-11/h4,6,9-10,12-13H,3,5,7-8H2,1-2H3. The summed E-state index contributed by atoms with van der Waals surface area (Å²) >= 11 is 1.78. The third-order valence-corrected chi connectivity index (χ3v) is 3.86. The van der Waals surface area contributed by atoms with Crippen molar-refractivity contribution in [2.45, 2.75) is 38.9 Å². The molecule has 1 fully saturated rings. The normalized spacial score (nSPS) is 22.7. The quantitative estimate of drug-likeness (QED) is 0.844. The van der Waals surface area contributed by atoms with E-state index in [9.17, 15) is 0 Å². The summed E-state index contributed by atoms with van der Waals surface area (Å²) in [4.78, 5) is 2.55. The number of nitrogens with zero attached hydrogens (tertiary/aromatic N) is 1. The van der Waals surface area contributed by atoms with Gasteiger partial charge < -0.3 is 5.32 Å². The molecule has 1 aliphatic heterocycles. The molecule has 2 heterocycles. The van der Waals surface area contributed by atoms with Crippen molar-refractivity contribution in [1.82, 2.24) is 10.2 Å². The van der Waals surface area contributed by atoms with Gasteiger partial charge in [-0.2, -0.15) is 11.3 Å². The Labute approximate surface area is 96.3 Å². The highest BCUT2D eigenvalue weighted by Crippen LogP contribution is 2.13. The van der Waals surface area contributed by atoms with Crippen molar-refractivity contribution in [3.05, 3.63) is 22.4 Å². The summed E-state index contributed by atoms with van der Waals surface area (Å²) in [5.41, 5.74) is 1.42. The average Bonchev–Trinajstić information content (AvgIpc) is 2.86. The molecule has 1 saturated heterocycles. The Bertz CT molecular complexity index is 282. The second kappa shape index (κ2) is 5.10. The summed E-state index contributed by atoms with van der Waals surface area (Å²) in [5.74, 6) is 0. The minimum atomic E-state index is 0.687. The maximum atomic E-state index is 3.63. The van der Waals surface area contributed by atoms with E-state index in [1.807, 2.05) is 0 Å². The lowest BCUT2D eigenvalue weighted by molar-refractivity contribution is 0.268. The first-order valence-electron chi connectivity index (χ1n) is 5.74. The smallest absolute Gasteiger partial charge is 0.0216 e. The molecule has 2 nitrogen and oxygen atoms in total. The highest BCUT2D eigenvalue weighted by Gasteiger charge is 2.23. The van der Waals surface area contributed by atoms with Gasteiger partial charge in [-0.3, -0.25) is 4.90 Å². The van der Waals surface area contributed by atoms with Crippen LogP contribution in [0.1, 0.15) is 25.8 Å². The van der Waals surface area contributed by atoms with Crippen molar-refractivity contribution in [3.63, 3.8) is 0 Å². The molecule has 1 unspecified atom stereocenters. The largest absolute Gasteiger partial charge is 0.309 e. The first-order valence-corrected chi connectivity index (χ1v) is 6.68. The fraction of sp³-hybridized carbons (Fsp3) is 0.667. The van der Waals surface area contributed by atoms with E-state index in [0.717, 1.165) is 6.54 Å². The van der Waals surface area contributed by atoms with Gasteiger partial charge in [0, 0.05) is 25.2 Å². The van der Waals surface area contributed by atoms with Gasteiger partial charge in [0.2, 0.25) is 0 Å². The van der Waals surface area contributed by atoms with Gasteiger partial charge in [0.15, 0.2) is 0 Å². The molecule has 0 radical (unpaired) electrons. The molecular formula is C12H20N2S. The van der Waals surface area contributed by atoms with Gasteiger partial charge in [-0.05, 0) is 49.2 Å². The minimum Gasteiger partial charge on any atom is -0.309 e. The van der Waals surface area contributed by atoms with Gasteiger partial charge in [0.25, 0.3) is 0 Å². The molecule has 0 bridgehead atoms. The van der Waals surface area contributed by atoms with Gasteiger partial charge in [-0.25, -0.2) is 0 Å². The number of rotatable bonds is 4. The second-order valence-corrected chi connectivity index (χ2v) is 5.37. The SMILES string of the molecule is CC(C)N1CCC(NCc2ccsc2)C1. The molecule has 0 amide bonds. The van der Waals surface area contributed by atoms with E-state index >= 15 is 0 Å². The zero-order chi connectivity index (χ0) is 10.7. The molecule has 0 aliphatic carbocycles. The van der Waals surface area contributed by atoms with Crippen molar-refractivity contribution in [1.29, 1.82) is 0 Å². The lowest BCUT2D eigenvalue weighted by atomic mass is 10.2. The molecule has 1 aromatic rings. The topological polar surface area (TPSA) is 15.3 Å². The summed E-state index contributed by atoms with van der Waals surface area (Å²) in [6, 6.07) is 3.58. The van der Waals surface area contributed by atoms with Crippen LogP contribution in [0.3, 0.4) is 0 Å². The van der Waals surface area contributed by atoms with Crippen LogP contribution < -0.4 is 5.32 Å². The van der Waals surface area contributed by atoms with Crippen LogP contribution in [0.2, 0.25) is 0 Å². The van der Waals surface area contributed by atoms with E-state index in [2.05, 4.69) is 40.9 Å². The van der Waals surface area contributed by atoms with Crippen LogP contribution in [0.5, 0.6) is 0 Å². The van der Waals surface area contributed by atoms with Crippen LogP contribution in [0.15, 0.2) is 16.8 Å². The summed E-state index contributed by atoms with van der Waals surface area (Å²) in [7, 11) is 0. The van der Waals surface area contributed by atoms with Gasteiger partial charge in [-0.1, -0.05) is 0 Å². The Hall–Kier alpha value is -0.380. The molecule has 0 spiro atoms. The molecule has 0 saturated carbocycles. The highest BCUT2D eigenvalue weighted by atomic mass is 32.1. The predicted octanol–water partition coefficient (Wildman–Crippen LogP) is 2.32. The van der Waals surface area contributed by atoms with Crippen LogP contribution in [0.4, 0.5) is 0 Å². The summed E-state index contributed by atoms with van der Waals surface area (Å²) in [6.45, 7) is 8.05. The van der Waals surface area contributed by atoms with E-state index in [0.29, 0.717) is 12.1 Å². The fourth-order valence-electron chi connectivity index (χ4n) is 2.08. The van der Waals surface area contributed by atoms with Gasteiger partial charge in [0.05, 0.1) is 0 Å². The first kappa shape index (κ1) is 11.1. The Kier molecular flexibility index (Phi) is 3.78. The number of nitrogens with one attached hydrogen (secondary N) is 1. The number of hydrogen-bond acceptors (Lipinski definition) is 3. The van der Waals surface area contributed by atoms with Crippen LogP contribution in [0.25, 0.3) is 0 Å². The number of thiophene rings is 1. The predicted molar refractivity (Wildman–Crippen MR) is 66.3 cm³/mol. The Morgan fingerprint density at radius 3 is 3.07 bits per heavy atom. The monoisotopic (exact) mass is 224 g/mol. The first-order chi connectivity index (χ1) is 7.25. The maximum Gasteiger partial charge on any atom is 0.0216 e. The zero-order valence-electron chi connectivity index (χ0n) is 9.57. The molecule has 1 aliphatic rings. The number of likely N-dealkylation sites (tertiary alicyclic amines) is 1. The fourth-order valence-corrected chi connectivity index (χ4v) is 2.75. The molecule has 84 valence electrons. The minimum absolute atomic E-state index is 0.687. The summed E-state index contributed by atoms with van der Waals surface area (Å²) in [5, 5.41) is 8.00. The summed E-state index contributed by atoms with van der Waals surface area (Å²) in [6.07, 6.45) is 1.29. The number of hydrogen-bond donors (Lipinski definition) is 1. The Balaban J connectivity index is 1.73. The summed E-state index contributed by atoms with van der Waals surface area (Å²) < 4.78 is 0. The van der Waals surface area contributed by atoms with E-state index in [1.165, 1.54) is 25.1 Å². The Morgan fingerprint density at radius 2 is 2.47 bits per heavy atom. The van der Waals surface area contributed by atoms with E-state index < -0.39 is 0 Å². The van der Waals surface area contributed by atoms with Crippen LogP contribution in [-0.4, -0.2) is 30.1 Å². The van der Waals surface area contributed by atoms with Gasteiger partial charge in [-0.15, -0.1) is 0 Å². The lowest BCUT2D eigenvalue weighted by Crippen LogP contribution is -2.34. The average molecular weight is 224 g/mol. The van der Waals surface area contributed by atoms with Crippen molar-refractivity contribution in [2.75, 3.05) is 13.1 Å².